The highest BCUT2D eigenvalue weighted by Crippen LogP contribution is 2.41. The quantitative estimate of drug-likeness (QED) is 0.896. The first-order valence-electron chi connectivity index (χ1n) is 6.49. The van der Waals surface area contributed by atoms with Crippen LogP contribution in [0, 0.1) is 11.8 Å². The van der Waals surface area contributed by atoms with Crippen molar-refractivity contribution >= 4 is 30.6 Å². The molecule has 2 atom stereocenters. The molecule has 1 aromatic rings. The summed E-state index contributed by atoms with van der Waals surface area (Å²) >= 11 is 0. The summed E-state index contributed by atoms with van der Waals surface area (Å²) in [6.45, 7) is 1.49. The van der Waals surface area contributed by atoms with Gasteiger partial charge in [-0.05, 0) is 36.8 Å². The molecule has 1 aliphatic carbocycles. The van der Waals surface area contributed by atoms with Gasteiger partial charge in [-0.25, -0.2) is 4.98 Å². The van der Waals surface area contributed by atoms with Crippen LogP contribution in [0.1, 0.15) is 18.4 Å². The first kappa shape index (κ1) is 18.3. The van der Waals surface area contributed by atoms with E-state index in [-0.39, 0.29) is 30.9 Å². The van der Waals surface area contributed by atoms with Crippen LogP contribution in [0.15, 0.2) is 18.3 Å². The molecule has 0 amide bonds. The van der Waals surface area contributed by atoms with Crippen molar-refractivity contribution in [2.45, 2.75) is 25.1 Å². The van der Waals surface area contributed by atoms with E-state index < -0.39 is 11.7 Å². The number of pyridine rings is 1. The van der Waals surface area contributed by atoms with E-state index >= 15 is 0 Å². The second kappa shape index (κ2) is 6.58. The molecule has 1 saturated carbocycles. The van der Waals surface area contributed by atoms with Crippen LogP contribution in [-0.4, -0.2) is 24.1 Å². The lowest BCUT2D eigenvalue weighted by atomic mass is 9.99. The molecule has 21 heavy (non-hydrogen) atoms. The van der Waals surface area contributed by atoms with Gasteiger partial charge < -0.3 is 10.6 Å². The third-order valence-corrected chi connectivity index (χ3v) is 4.04. The fourth-order valence-electron chi connectivity index (χ4n) is 2.81. The molecule has 0 spiro atoms. The molecule has 0 unspecified atom stereocenters. The summed E-state index contributed by atoms with van der Waals surface area (Å²) in [5.41, 5.74) is 5.39. The minimum Gasteiger partial charge on any atom is -0.355 e. The molecule has 2 aliphatic rings. The molecule has 8 heteroatoms. The van der Waals surface area contributed by atoms with Crippen LogP contribution in [0.4, 0.5) is 19.0 Å². The van der Waals surface area contributed by atoms with Gasteiger partial charge in [0.05, 0.1) is 5.56 Å². The molecule has 1 aliphatic heterocycles. The van der Waals surface area contributed by atoms with Gasteiger partial charge in [0.1, 0.15) is 5.82 Å². The van der Waals surface area contributed by atoms with E-state index in [0.717, 1.165) is 18.8 Å². The molecule has 2 N–H and O–H groups in total. The summed E-state index contributed by atoms with van der Waals surface area (Å²) in [6.07, 6.45) is -0.978. The molecule has 3 rings (SSSR count). The zero-order valence-corrected chi connectivity index (χ0v) is 12.8. The van der Waals surface area contributed by atoms with Crippen molar-refractivity contribution in [3.05, 3.63) is 23.9 Å². The van der Waals surface area contributed by atoms with Gasteiger partial charge in [0.25, 0.3) is 0 Å². The Labute approximate surface area is 133 Å². The molecule has 0 aromatic carbocycles. The van der Waals surface area contributed by atoms with Crippen LogP contribution >= 0.6 is 24.8 Å². The second-order valence-electron chi connectivity index (χ2n) is 5.47. The Bertz CT molecular complexity index is 463. The van der Waals surface area contributed by atoms with Crippen molar-refractivity contribution in [1.29, 1.82) is 0 Å². The summed E-state index contributed by atoms with van der Waals surface area (Å²) in [4.78, 5) is 5.92. The van der Waals surface area contributed by atoms with Gasteiger partial charge in [-0.15, -0.1) is 24.8 Å². The summed E-state index contributed by atoms with van der Waals surface area (Å²) in [5, 5.41) is 0. The van der Waals surface area contributed by atoms with E-state index in [1.54, 1.807) is 0 Å². The SMILES string of the molecule is Cl.Cl.N[C@H]1CN(c2ccc(C(F)(F)F)cn2)C[C@@H]1C1CC1. The Morgan fingerprint density at radius 1 is 1.14 bits per heavy atom. The summed E-state index contributed by atoms with van der Waals surface area (Å²) in [7, 11) is 0. The smallest absolute Gasteiger partial charge is 0.355 e. The van der Waals surface area contributed by atoms with Crippen LogP contribution in [0.2, 0.25) is 0 Å². The minimum atomic E-state index is -4.33. The van der Waals surface area contributed by atoms with Crippen LogP contribution in [-0.2, 0) is 6.18 Å². The van der Waals surface area contributed by atoms with E-state index in [4.69, 9.17) is 5.73 Å². The number of alkyl halides is 3. The summed E-state index contributed by atoms with van der Waals surface area (Å²) < 4.78 is 37.4. The third kappa shape index (κ3) is 3.93. The van der Waals surface area contributed by atoms with Gasteiger partial charge in [-0.3, -0.25) is 0 Å². The van der Waals surface area contributed by atoms with Crippen molar-refractivity contribution in [3.8, 4) is 0 Å². The highest BCUT2D eigenvalue weighted by molar-refractivity contribution is 5.85. The second-order valence-corrected chi connectivity index (χ2v) is 5.47. The first-order valence-corrected chi connectivity index (χ1v) is 6.49. The standard InChI is InChI=1S/C13H16F3N3.2ClH/c14-13(15,16)9-3-4-12(18-5-9)19-6-10(8-1-2-8)11(17)7-19;;/h3-5,8,10-11H,1-2,6-7,17H2;2*1H/t10-,11+;;/m1../s1. The number of hydrogen-bond acceptors (Lipinski definition) is 3. The van der Waals surface area contributed by atoms with Gasteiger partial charge in [-0.2, -0.15) is 13.2 Å². The Morgan fingerprint density at radius 2 is 1.81 bits per heavy atom. The van der Waals surface area contributed by atoms with Crippen molar-refractivity contribution < 1.29 is 13.2 Å². The Morgan fingerprint density at radius 3 is 2.29 bits per heavy atom. The predicted octanol–water partition coefficient (Wildman–Crippen LogP) is 3.12. The number of halogens is 5. The topological polar surface area (TPSA) is 42.1 Å². The highest BCUT2D eigenvalue weighted by atomic mass is 35.5. The molecule has 1 saturated heterocycles. The van der Waals surface area contributed by atoms with E-state index in [0.29, 0.717) is 24.2 Å². The molecular formula is C13H18Cl2F3N3. The van der Waals surface area contributed by atoms with Gasteiger partial charge in [0.15, 0.2) is 0 Å². The summed E-state index contributed by atoms with van der Waals surface area (Å²) in [6, 6.07) is 2.62. The summed E-state index contributed by atoms with van der Waals surface area (Å²) in [5.74, 6) is 1.75. The van der Waals surface area contributed by atoms with Crippen LogP contribution in [0.3, 0.4) is 0 Å². The number of nitrogens with zero attached hydrogens (tertiary/aromatic N) is 2. The van der Waals surface area contributed by atoms with Crippen molar-refractivity contribution in [1.82, 2.24) is 4.98 Å². The molecule has 3 nitrogen and oxygen atoms in total. The van der Waals surface area contributed by atoms with Gasteiger partial charge >= 0.3 is 6.18 Å². The van der Waals surface area contributed by atoms with Gasteiger partial charge in [-0.1, -0.05) is 0 Å². The normalized spacial score (nSPS) is 25.2. The third-order valence-electron chi connectivity index (χ3n) is 4.04. The Hall–Kier alpha value is -0.720. The molecule has 120 valence electrons. The number of nitrogens with two attached hydrogens (primary N) is 1. The average molecular weight is 344 g/mol. The lowest BCUT2D eigenvalue weighted by Crippen LogP contribution is -2.30. The molecule has 0 radical (unpaired) electrons. The maximum Gasteiger partial charge on any atom is 0.417 e. The van der Waals surface area contributed by atoms with Gasteiger partial charge in [0.2, 0.25) is 0 Å². The molecule has 2 heterocycles. The maximum absolute atomic E-state index is 12.5. The molecular weight excluding hydrogens is 326 g/mol. The minimum absolute atomic E-state index is 0. The van der Waals surface area contributed by atoms with Crippen molar-refractivity contribution in [2.24, 2.45) is 17.6 Å². The highest BCUT2D eigenvalue weighted by Gasteiger charge is 2.41. The van der Waals surface area contributed by atoms with Crippen LogP contribution < -0.4 is 10.6 Å². The number of anilines is 1. The van der Waals surface area contributed by atoms with E-state index in [9.17, 15) is 13.2 Å². The average Bonchev–Trinajstić information content (AvgIpc) is 3.12. The van der Waals surface area contributed by atoms with E-state index in [1.807, 2.05) is 4.90 Å². The lowest BCUT2D eigenvalue weighted by molar-refractivity contribution is -0.137. The zero-order chi connectivity index (χ0) is 13.6. The molecule has 2 fully saturated rings. The Kier molecular flexibility index (Phi) is 5.75. The Balaban J connectivity index is 0.00000110. The number of aromatic nitrogens is 1. The van der Waals surface area contributed by atoms with Crippen molar-refractivity contribution in [2.75, 3.05) is 18.0 Å². The fourth-order valence-corrected chi connectivity index (χ4v) is 2.81. The fraction of sp³-hybridized carbons (Fsp3) is 0.615. The number of rotatable bonds is 2. The molecule has 0 bridgehead atoms. The van der Waals surface area contributed by atoms with Gasteiger partial charge in [0, 0.05) is 25.3 Å². The number of hydrogen-bond donors (Lipinski definition) is 1. The zero-order valence-electron chi connectivity index (χ0n) is 11.2. The predicted molar refractivity (Wildman–Crippen MR) is 80.1 cm³/mol. The van der Waals surface area contributed by atoms with E-state index in [1.165, 1.54) is 18.9 Å². The lowest BCUT2D eigenvalue weighted by Gasteiger charge is -2.17. The van der Waals surface area contributed by atoms with E-state index in [2.05, 4.69) is 4.98 Å². The van der Waals surface area contributed by atoms with Crippen molar-refractivity contribution in [3.63, 3.8) is 0 Å². The monoisotopic (exact) mass is 343 g/mol. The van der Waals surface area contributed by atoms with Crippen LogP contribution in [0.5, 0.6) is 0 Å². The maximum atomic E-state index is 12.5. The molecule has 1 aromatic heterocycles. The first-order chi connectivity index (χ1) is 8.95. The van der Waals surface area contributed by atoms with Crippen LogP contribution in [0.25, 0.3) is 0 Å². The largest absolute Gasteiger partial charge is 0.417 e.